The van der Waals surface area contributed by atoms with Crippen molar-refractivity contribution in [2.75, 3.05) is 12.0 Å². The van der Waals surface area contributed by atoms with Crippen molar-refractivity contribution < 1.29 is 23.5 Å². The SMILES string of the molecule is COc1ccc(C(=O)C2C3C(=O)N(c4ccc(F)cc4)C(=O)C3C3c4ccccc4C=CN23)cc1. The van der Waals surface area contributed by atoms with E-state index < -0.39 is 35.6 Å². The number of amides is 2. The second-order valence-corrected chi connectivity index (χ2v) is 8.91. The highest BCUT2D eigenvalue weighted by atomic mass is 19.1. The van der Waals surface area contributed by atoms with E-state index in [1.54, 1.807) is 31.4 Å². The minimum Gasteiger partial charge on any atom is -0.497 e. The van der Waals surface area contributed by atoms with Crippen LogP contribution in [0.15, 0.2) is 79.0 Å². The van der Waals surface area contributed by atoms with Gasteiger partial charge in [-0.25, -0.2) is 9.29 Å². The second kappa shape index (κ2) is 7.91. The first-order chi connectivity index (χ1) is 17.0. The average Bonchev–Trinajstić information content (AvgIpc) is 3.37. The summed E-state index contributed by atoms with van der Waals surface area (Å²) >= 11 is 0. The van der Waals surface area contributed by atoms with Crippen LogP contribution in [0.25, 0.3) is 6.08 Å². The Morgan fingerprint density at radius 3 is 2.29 bits per heavy atom. The fraction of sp³-hybridized carbons (Fsp3) is 0.179. The Morgan fingerprint density at radius 1 is 0.886 bits per heavy atom. The number of Topliss-reactive ketones (excluding diaryl/α,β-unsaturated/α-hetero) is 1. The Kier molecular flexibility index (Phi) is 4.81. The highest BCUT2D eigenvalue weighted by molar-refractivity contribution is 6.24. The molecule has 3 aromatic carbocycles. The van der Waals surface area contributed by atoms with E-state index in [1.807, 2.05) is 41.4 Å². The molecule has 6 rings (SSSR count). The molecule has 0 spiro atoms. The van der Waals surface area contributed by atoms with Crippen molar-refractivity contribution in [3.63, 3.8) is 0 Å². The molecule has 0 radical (unpaired) electrons. The van der Waals surface area contributed by atoms with Gasteiger partial charge in [0.2, 0.25) is 11.8 Å². The van der Waals surface area contributed by atoms with Gasteiger partial charge in [0.15, 0.2) is 5.78 Å². The summed E-state index contributed by atoms with van der Waals surface area (Å²) < 4.78 is 18.7. The molecule has 7 heteroatoms. The zero-order valence-corrected chi connectivity index (χ0v) is 18.8. The minimum absolute atomic E-state index is 0.240. The summed E-state index contributed by atoms with van der Waals surface area (Å²) in [6.07, 6.45) is 3.73. The molecule has 0 saturated carbocycles. The van der Waals surface area contributed by atoms with Crippen molar-refractivity contribution in [3.05, 3.63) is 102 Å². The van der Waals surface area contributed by atoms with Crippen molar-refractivity contribution in [1.29, 1.82) is 0 Å². The number of fused-ring (bicyclic) bond motifs is 5. The van der Waals surface area contributed by atoms with Gasteiger partial charge >= 0.3 is 0 Å². The fourth-order valence-corrected chi connectivity index (χ4v) is 5.63. The van der Waals surface area contributed by atoms with Crippen LogP contribution in [-0.2, 0) is 9.59 Å². The highest BCUT2D eigenvalue weighted by Crippen LogP contribution is 2.53. The maximum atomic E-state index is 13.8. The summed E-state index contributed by atoms with van der Waals surface area (Å²) in [6.45, 7) is 0. The number of halogens is 1. The molecule has 4 atom stereocenters. The summed E-state index contributed by atoms with van der Waals surface area (Å²) in [5.74, 6) is -2.52. The topological polar surface area (TPSA) is 66.9 Å². The van der Waals surface area contributed by atoms with Crippen molar-refractivity contribution in [3.8, 4) is 5.75 Å². The van der Waals surface area contributed by atoms with Crippen molar-refractivity contribution in [2.45, 2.75) is 12.1 Å². The Bertz CT molecular complexity index is 1380. The molecule has 0 N–H and O–H groups in total. The molecule has 2 amide bonds. The van der Waals surface area contributed by atoms with Crippen LogP contribution < -0.4 is 9.64 Å². The van der Waals surface area contributed by atoms with Crippen LogP contribution in [0.2, 0.25) is 0 Å². The Morgan fingerprint density at radius 2 is 1.57 bits per heavy atom. The van der Waals surface area contributed by atoms with E-state index in [1.165, 1.54) is 24.3 Å². The van der Waals surface area contributed by atoms with Crippen LogP contribution in [0.3, 0.4) is 0 Å². The largest absolute Gasteiger partial charge is 0.497 e. The number of methoxy groups -OCH3 is 1. The number of nitrogens with zero attached hydrogens (tertiary/aromatic N) is 2. The smallest absolute Gasteiger partial charge is 0.240 e. The second-order valence-electron chi connectivity index (χ2n) is 8.91. The molecule has 2 fully saturated rings. The molecule has 0 aliphatic carbocycles. The zero-order chi connectivity index (χ0) is 24.3. The summed E-state index contributed by atoms with van der Waals surface area (Å²) in [4.78, 5) is 44.4. The standard InChI is InChI=1S/C28H21FN2O4/c1-35-20-12-6-17(7-13-20)26(32)25-23-22(24-21-5-3-2-4-16(21)14-15-30(24)25)27(33)31(28(23)34)19-10-8-18(29)9-11-19/h2-15,22-25H,1H3. The lowest BCUT2D eigenvalue weighted by Gasteiger charge is -2.35. The van der Waals surface area contributed by atoms with Gasteiger partial charge in [0, 0.05) is 11.8 Å². The third-order valence-corrected chi connectivity index (χ3v) is 7.19. The van der Waals surface area contributed by atoms with Gasteiger partial charge in [-0.3, -0.25) is 14.4 Å². The molecule has 3 aliphatic rings. The lowest BCUT2D eigenvalue weighted by Crippen LogP contribution is -2.44. The molecule has 0 aromatic heterocycles. The van der Waals surface area contributed by atoms with Crippen LogP contribution >= 0.6 is 0 Å². The van der Waals surface area contributed by atoms with Crippen LogP contribution in [0.4, 0.5) is 10.1 Å². The summed E-state index contributed by atoms with van der Waals surface area (Å²) in [5.41, 5.74) is 2.59. The molecular formula is C28H21FN2O4. The number of anilines is 1. The first-order valence-electron chi connectivity index (χ1n) is 11.4. The van der Waals surface area contributed by atoms with E-state index in [9.17, 15) is 18.8 Å². The Hall–Kier alpha value is -4.26. The normalized spacial score (nSPS) is 24.3. The molecule has 3 aliphatic heterocycles. The average molecular weight is 468 g/mol. The number of benzene rings is 3. The van der Waals surface area contributed by atoms with Gasteiger partial charge in [0.1, 0.15) is 17.6 Å². The fourth-order valence-electron chi connectivity index (χ4n) is 5.63. The van der Waals surface area contributed by atoms with Crippen LogP contribution in [0, 0.1) is 17.7 Å². The van der Waals surface area contributed by atoms with Crippen LogP contribution in [0.1, 0.15) is 27.5 Å². The number of hydrogen-bond acceptors (Lipinski definition) is 5. The maximum Gasteiger partial charge on any atom is 0.240 e. The van der Waals surface area contributed by atoms with E-state index >= 15 is 0 Å². The van der Waals surface area contributed by atoms with E-state index in [4.69, 9.17) is 4.74 Å². The number of carbonyl (C=O) groups is 3. The molecule has 35 heavy (non-hydrogen) atoms. The molecule has 6 nitrogen and oxygen atoms in total. The van der Waals surface area contributed by atoms with Gasteiger partial charge in [-0.15, -0.1) is 0 Å². The van der Waals surface area contributed by atoms with Gasteiger partial charge in [-0.05, 0) is 65.7 Å². The quantitative estimate of drug-likeness (QED) is 0.424. The molecule has 2 saturated heterocycles. The first-order valence-corrected chi connectivity index (χ1v) is 11.4. The van der Waals surface area contributed by atoms with E-state index in [0.717, 1.165) is 16.0 Å². The number of rotatable bonds is 4. The maximum absolute atomic E-state index is 13.8. The first kappa shape index (κ1) is 21.3. The predicted octanol–water partition coefficient (Wildman–Crippen LogP) is 4.23. The lowest BCUT2D eigenvalue weighted by atomic mass is 9.83. The zero-order valence-electron chi connectivity index (χ0n) is 18.8. The van der Waals surface area contributed by atoms with Crippen molar-refractivity contribution >= 4 is 29.4 Å². The Balaban J connectivity index is 1.47. The summed E-state index contributed by atoms with van der Waals surface area (Å²) in [6, 6.07) is 18.4. The third kappa shape index (κ3) is 3.11. The molecule has 0 bridgehead atoms. The van der Waals surface area contributed by atoms with Gasteiger partial charge < -0.3 is 9.64 Å². The minimum atomic E-state index is -0.872. The lowest BCUT2D eigenvalue weighted by molar-refractivity contribution is -0.123. The molecule has 4 unspecified atom stereocenters. The number of ketones is 1. The third-order valence-electron chi connectivity index (χ3n) is 7.19. The number of ether oxygens (including phenoxy) is 1. The monoisotopic (exact) mass is 468 g/mol. The highest BCUT2D eigenvalue weighted by Gasteiger charge is 2.64. The van der Waals surface area contributed by atoms with Gasteiger partial charge in [0.05, 0.1) is 30.7 Å². The molecule has 174 valence electrons. The van der Waals surface area contributed by atoms with Gasteiger partial charge in [-0.1, -0.05) is 24.3 Å². The van der Waals surface area contributed by atoms with Gasteiger partial charge in [0.25, 0.3) is 0 Å². The molecule has 3 aromatic rings. The summed E-state index contributed by atoms with van der Waals surface area (Å²) in [5, 5.41) is 0. The number of hydrogen-bond donors (Lipinski definition) is 0. The van der Waals surface area contributed by atoms with Crippen LogP contribution in [-0.4, -0.2) is 35.6 Å². The summed E-state index contributed by atoms with van der Waals surface area (Å²) in [7, 11) is 1.55. The molecular weight excluding hydrogens is 447 g/mol. The van der Waals surface area contributed by atoms with Crippen molar-refractivity contribution in [2.24, 2.45) is 11.8 Å². The van der Waals surface area contributed by atoms with Gasteiger partial charge in [-0.2, -0.15) is 0 Å². The number of imide groups is 1. The predicted molar refractivity (Wildman–Crippen MR) is 127 cm³/mol. The van der Waals surface area contributed by atoms with E-state index in [-0.39, 0.29) is 11.7 Å². The van der Waals surface area contributed by atoms with Crippen LogP contribution in [0.5, 0.6) is 5.75 Å². The van der Waals surface area contributed by atoms with E-state index in [0.29, 0.717) is 17.0 Å². The Labute approximate surface area is 201 Å². The van der Waals surface area contributed by atoms with E-state index in [2.05, 4.69) is 0 Å². The van der Waals surface area contributed by atoms with Crippen molar-refractivity contribution in [1.82, 2.24) is 4.90 Å². The number of carbonyl (C=O) groups excluding carboxylic acids is 3. The molecule has 3 heterocycles.